The van der Waals surface area contributed by atoms with Gasteiger partial charge in [-0.15, -0.1) is 5.11 Å². The van der Waals surface area contributed by atoms with Crippen molar-refractivity contribution in [1.29, 1.82) is 0 Å². The largest absolute Gasteiger partial charge is 0.464 e. The van der Waals surface area contributed by atoms with Crippen molar-refractivity contribution in [3.8, 4) is 0 Å². The number of nitrogens with one attached hydrogen (secondary N) is 1. The van der Waals surface area contributed by atoms with Crippen LogP contribution in [0.4, 0.5) is 5.69 Å². The van der Waals surface area contributed by atoms with Crippen LogP contribution in [0, 0.1) is 6.92 Å². The lowest BCUT2D eigenvalue weighted by Gasteiger charge is -2.09. The maximum absolute atomic E-state index is 11.4. The molecule has 0 aliphatic rings. The van der Waals surface area contributed by atoms with Gasteiger partial charge in [-0.3, -0.25) is 10.1 Å². The summed E-state index contributed by atoms with van der Waals surface area (Å²) >= 11 is 0. The summed E-state index contributed by atoms with van der Waals surface area (Å²) in [6.45, 7) is 4.71. The number of esters is 1. The van der Waals surface area contributed by atoms with Gasteiger partial charge in [0.1, 0.15) is 5.69 Å². The van der Waals surface area contributed by atoms with Crippen molar-refractivity contribution in [2.24, 2.45) is 10.3 Å². The van der Waals surface area contributed by atoms with Gasteiger partial charge in [0.25, 0.3) is 0 Å². The minimum Gasteiger partial charge on any atom is -0.464 e. The number of methoxy groups -OCH3 is 1. The number of H-pyrrole nitrogens is 1. The fourth-order valence-corrected chi connectivity index (χ4v) is 1.34. The Hall–Kier alpha value is -1.92. The molecule has 0 bridgehead atoms. The number of unbranched alkanes of at least 4 members (excludes halogenated alkanes) is 1. The average Bonchev–Trinajstić information content (AvgIpc) is 2.74. The molecule has 1 N–H and O–H groups in total. The molecule has 7 heteroatoms. The van der Waals surface area contributed by atoms with Crippen molar-refractivity contribution in [1.82, 2.24) is 15.2 Å². The summed E-state index contributed by atoms with van der Waals surface area (Å²) in [5.41, 5.74) is 1.26. The number of aryl methyl sites for hydroxylation is 1. The monoisotopic (exact) mass is 253 g/mol. The highest BCUT2D eigenvalue weighted by atomic mass is 16.5. The van der Waals surface area contributed by atoms with Gasteiger partial charge in [-0.2, -0.15) is 5.10 Å². The van der Waals surface area contributed by atoms with Gasteiger partial charge < -0.3 is 4.74 Å². The van der Waals surface area contributed by atoms with Crippen molar-refractivity contribution < 1.29 is 9.53 Å². The Balaban J connectivity index is 2.80. The van der Waals surface area contributed by atoms with Crippen molar-refractivity contribution in [2.75, 3.05) is 20.7 Å². The van der Waals surface area contributed by atoms with E-state index in [-0.39, 0.29) is 5.69 Å². The second kappa shape index (κ2) is 6.73. The normalized spacial score (nSPS) is 10.9. The third-order valence-corrected chi connectivity index (χ3v) is 2.43. The van der Waals surface area contributed by atoms with Crippen LogP contribution in [-0.2, 0) is 4.74 Å². The molecule has 0 aliphatic carbocycles. The summed E-state index contributed by atoms with van der Waals surface area (Å²) in [6.07, 6.45) is 2.14. The van der Waals surface area contributed by atoms with Gasteiger partial charge in [0.15, 0.2) is 5.69 Å². The molecule has 0 amide bonds. The summed E-state index contributed by atoms with van der Waals surface area (Å²) in [5, 5.41) is 16.4. The summed E-state index contributed by atoms with van der Waals surface area (Å²) in [7, 11) is 3.15. The topological polar surface area (TPSA) is 82.9 Å². The average molecular weight is 253 g/mol. The SMILES string of the molecule is CCCCN(C)N=Nc1c(C(=O)OC)n[nH]c1C. The van der Waals surface area contributed by atoms with E-state index in [1.54, 1.807) is 11.9 Å². The molecule has 0 spiro atoms. The number of nitrogens with zero attached hydrogens (tertiary/aromatic N) is 4. The first-order valence-electron chi connectivity index (χ1n) is 5.86. The molecular formula is C11H19N5O2. The molecule has 0 atom stereocenters. The molecule has 7 nitrogen and oxygen atoms in total. The Morgan fingerprint density at radius 2 is 2.28 bits per heavy atom. The lowest BCUT2D eigenvalue weighted by atomic mass is 10.3. The molecule has 0 radical (unpaired) electrons. The molecule has 0 aromatic carbocycles. The molecule has 0 aliphatic heterocycles. The summed E-state index contributed by atoms with van der Waals surface area (Å²) in [4.78, 5) is 11.4. The number of hydrogen-bond acceptors (Lipinski definition) is 5. The molecule has 0 saturated carbocycles. The Labute approximate surface area is 106 Å². The summed E-state index contributed by atoms with van der Waals surface area (Å²) in [5.74, 6) is -0.524. The second-order valence-electron chi connectivity index (χ2n) is 3.96. The van der Waals surface area contributed by atoms with E-state index in [4.69, 9.17) is 0 Å². The van der Waals surface area contributed by atoms with Crippen LogP contribution in [-0.4, -0.2) is 41.9 Å². The molecular weight excluding hydrogens is 234 g/mol. The molecule has 0 fully saturated rings. The van der Waals surface area contributed by atoms with Gasteiger partial charge in [-0.25, -0.2) is 4.79 Å². The lowest BCUT2D eigenvalue weighted by molar-refractivity contribution is 0.0595. The maximum atomic E-state index is 11.4. The number of carbonyl (C=O) groups is 1. The van der Waals surface area contributed by atoms with E-state index in [9.17, 15) is 4.79 Å². The van der Waals surface area contributed by atoms with E-state index >= 15 is 0 Å². The fourth-order valence-electron chi connectivity index (χ4n) is 1.34. The predicted molar refractivity (Wildman–Crippen MR) is 66.7 cm³/mol. The van der Waals surface area contributed by atoms with Crippen molar-refractivity contribution >= 4 is 11.7 Å². The Morgan fingerprint density at radius 3 is 2.89 bits per heavy atom. The Kier molecular flexibility index (Phi) is 5.29. The number of ether oxygens (including phenoxy) is 1. The molecule has 1 aromatic heterocycles. The Morgan fingerprint density at radius 1 is 1.56 bits per heavy atom. The third kappa shape index (κ3) is 3.54. The standard InChI is InChI=1S/C11H19N5O2/c1-5-6-7-16(3)15-14-9-8(2)12-13-10(9)11(17)18-4/h5-7H2,1-4H3,(H,12,13). The highest BCUT2D eigenvalue weighted by molar-refractivity contribution is 5.92. The van der Waals surface area contributed by atoms with Crippen LogP contribution in [0.15, 0.2) is 10.3 Å². The number of aromatic amines is 1. The highest BCUT2D eigenvalue weighted by Gasteiger charge is 2.18. The number of aromatic nitrogens is 2. The van der Waals surface area contributed by atoms with E-state index < -0.39 is 5.97 Å². The van der Waals surface area contributed by atoms with Gasteiger partial charge in [-0.05, 0) is 13.3 Å². The number of rotatable bonds is 6. The number of hydrogen-bond donors (Lipinski definition) is 1. The first kappa shape index (κ1) is 14.1. The van der Waals surface area contributed by atoms with E-state index in [0.29, 0.717) is 11.4 Å². The van der Waals surface area contributed by atoms with Gasteiger partial charge in [0.2, 0.25) is 0 Å². The summed E-state index contributed by atoms with van der Waals surface area (Å²) < 4.78 is 4.63. The molecule has 1 rings (SSSR count). The quantitative estimate of drug-likeness (QED) is 0.478. The van der Waals surface area contributed by atoms with Crippen LogP contribution in [0.1, 0.15) is 35.9 Å². The molecule has 18 heavy (non-hydrogen) atoms. The molecule has 1 heterocycles. The van der Waals surface area contributed by atoms with Crippen LogP contribution in [0.25, 0.3) is 0 Å². The van der Waals surface area contributed by atoms with E-state index in [1.165, 1.54) is 7.11 Å². The molecule has 1 aromatic rings. The number of carbonyl (C=O) groups excluding carboxylic acids is 1. The van der Waals surface area contributed by atoms with E-state index in [1.807, 2.05) is 7.05 Å². The van der Waals surface area contributed by atoms with Crippen LogP contribution in [0.5, 0.6) is 0 Å². The fraction of sp³-hybridized carbons (Fsp3) is 0.636. The molecule has 0 unspecified atom stereocenters. The highest BCUT2D eigenvalue weighted by Crippen LogP contribution is 2.22. The predicted octanol–water partition coefficient (Wildman–Crippen LogP) is 2.24. The second-order valence-corrected chi connectivity index (χ2v) is 3.96. The lowest BCUT2D eigenvalue weighted by Crippen LogP contribution is -2.11. The zero-order chi connectivity index (χ0) is 13.5. The van der Waals surface area contributed by atoms with Crippen LogP contribution < -0.4 is 0 Å². The minimum absolute atomic E-state index is 0.155. The van der Waals surface area contributed by atoms with E-state index in [2.05, 4.69) is 32.2 Å². The van der Waals surface area contributed by atoms with Crippen molar-refractivity contribution in [2.45, 2.75) is 26.7 Å². The maximum Gasteiger partial charge on any atom is 0.360 e. The summed E-state index contributed by atoms with van der Waals surface area (Å²) in [6, 6.07) is 0. The first-order chi connectivity index (χ1) is 8.60. The third-order valence-electron chi connectivity index (χ3n) is 2.43. The van der Waals surface area contributed by atoms with Crippen molar-refractivity contribution in [3.05, 3.63) is 11.4 Å². The van der Waals surface area contributed by atoms with Crippen LogP contribution >= 0.6 is 0 Å². The van der Waals surface area contributed by atoms with Gasteiger partial charge >= 0.3 is 5.97 Å². The van der Waals surface area contributed by atoms with Gasteiger partial charge in [-0.1, -0.05) is 18.6 Å². The zero-order valence-electron chi connectivity index (χ0n) is 11.2. The Bertz CT molecular complexity index is 427. The smallest absolute Gasteiger partial charge is 0.360 e. The van der Waals surface area contributed by atoms with Gasteiger partial charge in [0.05, 0.1) is 12.8 Å². The molecule has 0 saturated heterocycles. The first-order valence-corrected chi connectivity index (χ1v) is 5.86. The minimum atomic E-state index is -0.524. The van der Waals surface area contributed by atoms with Crippen molar-refractivity contribution in [3.63, 3.8) is 0 Å². The molecule has 100 valence electrons. The van der Waals surface area contributed by atoms with E-state index in [0.717, 1.165) is 19.4 Å². The van der Waals surface area contributed by atoms with Crippen LogP contribution in [0.3, 0.4) is 0 Å². The van der Waals surface area contributed by atoms with Crippen LogP contribution in [0.2, 0.25) is 0 Å². The van der Waals surface area contributed by atoms with Gasteiger partial charge in [0, 0.05) is 13.6 Å². The zero-order valence-corrected chi connectivity index (χ0v) is 11.2.